The molecular weight excluding hydrogens is 254 g/mol. The van der Waals surface area contributed by atoms with Gasteiger partial charge in [-0.1, -0.05) is 0 Å². The van der Waals surface area contributed by atoms with Crippen LogP contribution in [0.2, 0.25) is 0 Å². The Balaban J connectivity index is 1.75. The van der Waals surface area contributed by atoms with Crippen molar-refractivity contribution in [1.82, 2.24) is 24.6 Å². The number of nitrogens with one attached hydrogen (secondary N) is 1. The van der Waals surface area contributed by atoms with Crippen LogP contribution in [0.4, 0.5) is 0 Å². The second kappa shape index (κ2) is 5.11. The van der Waals surface area contributed by atoms with E-state index in [1.807, 2.05) is 18.0 Å². The van der Waals surface area contributed by atoms with Gasteiger partial charge in [-0.25, -0.2) is 4.98 Å². The first kappa shape index (κ1) is 12.9. The predicted molar refractivity (Wildman–Crippen MR) is 74.4 cm³/mol. The molecule has 6 heteroatoms. The van der Waals surface area contributed by atoms with Gasteiger partial charge in [-0.05, 0) is 25.8 Å². The highest BCUT2D eigenvalue weighted by molar-refractivity contribution is 5.92. The molecule has 1 N–H and O–H groups in total. The number of carbonyl (C=O) groups is 1. The van der Waals surface area contributed by atoms with Crippen molar-refractivity contribution < 1.29 is 4.79 Å². The van der Waals surface area contributed by atoms with Gasteiger partial charge in [0.2, 0.25) is 0 Å². The molecule has 0 spiro atoms. The lowest BCUT2D eigenvalue weighted by molar-refractivity contribution is 0.0693. The first-order valence-electron chi connectivity index (χ1n) is 6.94. The zero-order valence-corrected chi connectivity index (χ0v) is 11.8. The van der Waals surface area contributed by atoms with Crippen molar-refractivity contribution in [3.05, 3.63) is 35.7 Å². The summed E-state index contributed by atoms with van der Waals surface area (Å²) in [4.78, 5) is 22.1. The summed E-state index contributed by atoms with van der Waals surface area (Å²) >= 11 is 0. The Bertz CT molecular complexity index is 615. The molecule has 2 aromatic heterocycles. The Hall–Kier alpha value is -2.11. The number of rotatable bonds is 2. The van der Waals surface area contributed by atoms with Crippen molar-refractivity contribution in [3.63, 3.8) is 0 Å². The van der Waals surface area contributed by atoms with Crippen molar-refractivity contribution in [2.24, 2.45) is 7.05 Å². The van der Waals surface area contributed by atoms with E-state index < -0.39 is 0 Å². The molecule has 1 aliphatic heterocycles. The highest BCUT2D eigenvalue weighted by atomic mass is 16.2. The molecule has 3 rings (SSSR count). The molecule has 1 amide bonds. The Morgan fingerprint density at radius 3 is 3.00 bits per heavy atom. The van der Waals surface area contributed by atoms with E-state index in [0.717, 1.165) is 37.4 Å². The van der Waals surface area contributed by atoms with Crippen LogP contribution in [0.15, 0.2) is 18.5 Å². The van der Waals surface area contributed by atoms with Crippen LogP contribution >= 0.6 is 0 Å². The molecule has 3 heterocycles. The Morgan fingerprint density at radius 1 is 1.50 bits per heavy atom. The molecule has 0 bridgehead atoms. The fourth-order valence-corrected chi connectivity index (χ4v) is 2.77. The zero-order chi connectivity index (χ0) is 14.1. The lowest BCUT2D eigenvalue weighted by Crippen LogP contribution is -2.40. The lowest BCUT2D eigenvalue weighted by Gasteiger charge is -2.31. The molecule has 1 fully saturated rings. The van der Waals surface area contributed by atoms with Crippen LogP contribution in [-0.2, 0) is 7.05 Å². The molecule has 0 radical (unpaired) electrons. The minimum Gasteiger partial charge on any atom is -0.346 e. The van der Waals surface area contributed by atoms with Gasteiger partial charge < -0.3 is 9.88 Å². The molecule has 106 valence electrons. The minimum atomic E-state index is 0.0537. The number of amides is 1. The van der Waals surface area contributed by atoms with Gasteiger partial charge in [-0.15, -0.1) is 0 Å². The van der Waals surface area contributed by atoms with Crippen LogP contribution in [0.25, 0.3) is 0 Å². The highest BCUT2D eigenvalue weighted by Gasteiger charge is 2.28. The molecule has 6 nitrogen and oxygen atoms in total. The number of aromatic nitrogens is 4. The number of hydrogen-bond acceptors (Lipinski definition) is 3. The van der Waals surface area contributed by atoms with Gasteiger partial charge in [0, 0.05) is 44.1 Å². The first-order chi connectivity index (χ1) is 9.65. The first-order valence-corrected chi connectivity index (χ1v) is 6.94. The molecule has 20 heavy (non-hydrogen) atoms. The van der Waals surface area contributed by atoms with E-state index >= 15 is 0 Å². The van der Waals surface area contributed by atoms with Crippen molar-refractivity contribution in [2.45, 2.75) is 25.7 Å². The van der Waals surface area contributed by atoms with E-state index in [1.54, 1.807) is 24.0 Å². The van der Waals surface area contributed by atoms with E-state index in [2.05, 4.69) is 15.1 Å². The fourth-order valence-electron chi connectivity index (χ4n) is 2.77. The number of nitrogens with zero attached hydrogens (tertiary/aromatic N) is 4. The van der Waals surface area contributed by atoms with Crippen LogP contribution in [0, 0.1) is 6.92 Å². The minimum absolute atomic E-state index is 0.0537. The molecule has 1 saturated heterocycles. The highest BCUT2D eigenvalue weighted by Crippen LogP contribution is 2.25. The van der Waals surface area contributed by atoms with E-state index in [0.29, 0.717) is 11.6 Å². The summed E-state index contributed by atoms with van der Waals surface area (Å²) in [5, 5.41) is 4.06. The Morgan fingerprint density at radius 2 is 2.35 bits per heavy atom. The van der Waals surface area contributed by atoms with Crippen molar-refractivity contribution in [1.29, 1.82) is 0 Å². The summed E-state index contributed by atoms with van der Waals surface area (Å²) in [6.45, 7) is 3.52. The molecule has 0 aliphatic carbocycles. The topological polar surface area (TPSA) is 66.8 Å². The third kappa shape index (κ3) is 2.33. The van der Waals surface area contributed by atoms with Crippen LogP contribution in [0.1, 0.15) is 40.8 Å². The summed E-state index contributed by atoms with van der Waals surface area (Å²) < 4.78 is 1.63. The van der Waals surface area contributed by atoms with Crippen LogP contribution in [-0.4, -0.2) is 43.6 Å². The molecule has 0 saturated carbocycles. The van der Waals surface area contributed by atoms with Gasteiger partial charge in [0.25, 0.3) is 5.91 Å². The van der Waals surface area contributed by atoms with Crippen LogP contribution < -0.4 is 0 Å². The number of aryl methyl sites for hydroxylation is 2. The number of aromatic amines is 1. The van der Waals surface area contributed by atoms with E-state index in [1.165, 1.54) is 0 Å². The predicted octanol–water partition coefficient (Wildman–Crippen LogP) is 1.47. The summed E-state index contributed by atoms with van der Waals surface area (Å²) in [5.41, 5.74) is 1.70. The smallest absolute Gasteiger partial charge is 0.272 e. The van der Waals surface area contributed by atoms with Crippen molar-refractivity contribution in [3.8, 4) is 0 Å². The second-order valence-electron chi connectivity index (χ2n) is 5.38. The maximum Gasteiger partial charge on any atom is 0.272 e. The molecule has 0 unspecified atom stereocenters. The van der Waals surface area contributed by atoms with Crippen molar-refractivity contribution in [2.75, 3.05) is 13.1 Å². The van der Waals surface area contributed by atoms with Gasteiger partial charge in [0.1, 0.15) is 11.5 Å². The summed E-state index contributed by atoms with van der Waals surface area (Å²) in [7, 11) is 1.80. The van der Waals surface area contributed by atoms with Gasteiger partial charge >= 0.3 is 0 Å². The summed E-state index contributed by atoms with van der Waals surface area (Å²) in [6.07, 6.45) is 5.58. The molecule has 1 atom stereocenters. The lowest BCUT2D eigenvalue weighted by atomic mass is 9.97. The molecule has 2 aromatic rings. The van der Waals surface area contributed by atoms with Crippen LogP contribution in [0.5, 0.6) is 0 Å². The SMILES string of the molecule is Cc1cnc([C@@H]2CCCN(C(=O)c3ccnn3C)C2)[nH]1. The van der Waals surface area contributed by atoms with E-state index in [-0.39, 0.29) is 5.91 Å². The number of imidazole rings is 1. The maximum absolute atomic E-state index is 12.5. The van der Waals surface area contributed by atoms with Crippen molar-refractivity contribution >= 4 is 5.91 Å². The zero-order valence-electron chi connectivity index (χ0n) is 11.8. The third-order valence-corrected chi connectivity index (χ3v) is 3.86. The third-order valence-electron chi connectivity index (χ3n) is 3.86. The summed E-state index contributed by atoms with van der Waals surface area (Å²) in [5.74, 6) is 1.35. The monoisotopic (exact) mass is 273 g/mol. The van der Waals surface area contributed by atoms with Gasteiger partial charge in [0.05, 0.1) is 0 Å². The number of piperidine rings is 1. The van der Waals surface area contributed by atoms with E-state index in [4.69, 9.17) is 0 Å². The van der Waals surface area contributed by atoms with Gasteiger partial charge in [0.15, 0.2) is 0 Å². The molecule has 1 aliphatic rings. The summed E-state index contributed by atoms with van der Waals surface area (Å²) in [6, 6.07) is 1.77. The number of likely N-dealkylation sites (tertiary alicyclic amines) is 1. The van der Waals surface area contributed by atoms with Gasteiger partial charge in [-0.2, -0.15) is 5.10 Å². The molecular formula is C14H19N5O. The number of H-pyrrole nitrogens is 1. The maximum atomic E-state index is 12.5. The average Bonchev–Trinajstić information content (AvgIpc) is 3.07. The quantitative estimate of drug-likeness (QED) is 0.901. The average molecular weight is 273 g/mol. The Labute approximate surface area is 117 Å². The van der Waals surface area contributed by atoms with Crippen LogP contribution in [0.3, 0.4) is 0 Å². The van der Waals surface area contributed by atoms with E-state index in [9.17, 15) is 4.79 Å². The standard InChI is InChI=1S/C14H19N5O/c1-10-8-15-13(17-10)11-4-3-7-19(9-11)14(20)12-5-6-16-18(12)2/h5-6,8,11H,3-4,7,9H2,1-2H3,(H,15,17)/t11-/m1/s1. The largest absolute Gasteiger partial charge is 0.346 e. The Kier molecular flexibility index (Phi) is 3.30. The molecule has 0 aromatic carbocycles. The second-order valence-corrected chi connectivity index (χ2v) is 5.38. The number of hydrogen-bond donors (Lipinski definition) is 1. The fraction of sp³-hybridized carbons (Fsp3) is 0.500. The number of carbonyl (C=O) groups excluding carboxylic acids is 1. The normalized spacial score (nSPS) is 19.3. The van der Waals surface area contributed by atoms with Gasteiger partial charge in [-0.3, -0.25) is 9.48 Å².